The third kappa shape index (κ3) is 3.12. The molecule has 0 aromatic heterocycles. The van der Waals surface area contributed by atoms with Crippen LogP contribution in [0, 0.1) is 0 Å². The minimum atomic E-state index is -4.15. The first-order valence-corrected chi connectivity index (χ1v) is 5.40. The second kappa shape index (κ2) is 5.05. The lowest BCUT2D eigenvalue weighted by atomic mass is 10.2. The maximum Gasteiger partial charge on any atom is 0.360 e. The normalized spacial score (nSPS) is 12.8. The van der Waals surface area contributed by atoms with Crippen molar-refractivity contribution in [3.63, 3.8) is 0 Å². The van der Waals surface area contributed by atoms with Crippen LogP contribution in [0.2, 0.25) is 0 Å². The van der Waals surface area contributed by atoms with Gasteiger partial charge in [0.05, 0.1) is 0 Å². The lowest BCUT2D eigenvalue weighted by Gasteiger charge is -2.25. The van der Waals surface area contributed by atoms with Crippen molar-refractivity contribution >= 4 is 11.8 Å². The molecule has 1 nitrogen and oxygen atoms in total. The predicted molar refractivity (Wildman–Crippen MR) is 55.9 cm³/mol. The van der Waals surface area contributed by atoms with Crippen LogP contribution >= 0.6 is 11.8 Å². The molecule has 0 unspecified atom stereocenters. The van der Waals surface area contributed by atoms with Gasteiger partial charge in [-0.2, -0.15) is 17.6 Å². The minimum absolute atomic E-state index is 0.101. The Morgan fingerprint density at radius 2 is 1.62 bits per heavy atom. The minimum Gasteiger partial charge on any atom is -0.330 e. The van der Waals surface area contributed by atoms with Crippen LogP contribution in [0.15, 0.2) is 35.2 Å². The third-order valence-electron chi connectivity index (χ3n) is 1.87. The van der Waals surface area contributed by atoms with Gasteiger partial charge < -0.3 is 5.73 Å². The maximum absolute atomic E-state index is 13.2. The van der Waals surface area contributed by atoms with E-state index in [1.165, 1.54) is 24.3 Å². The molecule has 16 heavy (non-hydrogen) atoms. The first-order valence-electron chi connectivity index (χ1n) is 4.59. The van der Waals surface area contributed by atoms with Crippen LogP contribution in [0.3, 0.4) is 0 Å². The molecule has 0 atom stereocenters. The zero-order valence-corrected chi connectivity index (χ0v) is 9.11. The van der Waals surface area contributed by atoms with Crippen LogP contribution < -0.4 is 5.73 Å². The Balaban J connectivity index is 2.78. The largest absolute Gasteiger partial charge is 0.360 e. The summed E-state index contributed by atoms with van der Waals surface area (Å²) < 4.78 is 52.5. The molecule has 0 radical (unpaired) electrons. The first kappa shape index (κ1) is 13.3. The summed E-state index contributed by atoms with van der Waals surface area (Å²) in [6.45, 7) is -0.474. The van der Waals surface area contributed by atoms with Crippen molar-refractivity contribution < 1.29 is 17.6 Å². The standard InChI is InChI=1S/C10H11F4NS/c11-9(12,6-7-15)10(13,14)16-8-4-2-1-3-5-8/h1-5H,6-7,15H2. The lowest BCUT2D eigenvalue weighted by Crippen LogP contribution is -2.39. The number of rotatable bonds is 5. The molecule has 6 heteroatoms. The fourth-order valence-corrected chi connectivity index (χ4v) is 1.88. The number of benzene rings is 1. The molecule has 0 heterocycles. The Morgan fingerprint density at radius 3 is 2.12 bits per heavy atom. The van der Waals surface area contributed by atoms with Crippen LogP contribution in [0.4, 0.5) is 17.6 Å². The van der Waals surface area contributed by atoms with Gasteiger partial charge in [-0.3, -0.25) is 0 Å². The monoisotopic (exact) mass is 253 g/mol. The van der Waals surface area contributed by atoms with E-state index >= 15 is 0 Å². The number of hydrogen-bond donors (Lipinski definition) is 1. The van der Waals surface area contributed by atoms with Gasteiger partial charge in [-0.05, 0) is 30.4 Å². The van der Waals surface area contributed by atoms with E-state index in [-0.39, 0.29) is 16.7 Å². The van der Waals surface area contributed by atoms with Crippen LogP contribution in [-0.4, -0.2) is 17.7 Å². The van der Waals surface area contributed by atoms with Gasteiger partial charge in [0.1, 0.15) is 0 Å². The van der Waals surface area contributed by atoms with Crippen molar-refractivity contribution in [2.24, 2.45) is 5.73 Å². The highest BCUT2D eigenvalue weighted by molar-refractivity contribution is 8.00. The molecule has 0 bridgehead atoms. The predicted octanol–water partition coefficient (Wildman–Crippen LogP) is 3.36. The number of nitrogens with two attached hydrogens (primary N) is 1. The molecule has 0 amide bonds. The van der Waals surface area contributed by atoms with E-state index < -0.39 is 24.1 Å². The van der Waals surface area contributed by atoms with Crippen molar-refractivity contribution in [3.8, 4) is 0 Å². The molecule has 0 saturated heterocycles. The zero-order valence-electron chi connectivity index (χ0n) is 8.30. The fraction of sp³-hybridized carbons (Fsp3) is 0.400. The van der Waals surface area contributed by atoms with E-state index in [1.54, 1.807) is 6.07 Å². The summed E-state index contributed by atoms with van der Waals surface area (Å²) in [4.78, 5) is 0.101. The third-order valence-corrected chi connectivity index (χ3v) is 2.94. The zero-order chi connectivity index (χ0) is 12.2. The SMILES string of the molecule is NCCC(F)(F)C(F)(F)Sc1ccccc1. The Morgan fingerprint density at radius 1 is 1.06 bits per heavy atom. The van der Waals surface area contributed by atoms with E-state index in [0.29, 0.717) is 0 Å². The summed E-state index contributed by atoms with van der Waals surface area (Å²) >= 11 is -0.146. The molecule has 0 aliphatic rings. The van der Waals surface area contributed by atoms with Crippen molar-refractivity contribution in [2.75, 3.05) is 6.54 Å². The van der Waals surface area contributed by atoms with Gasteiger partial charge in [0.15, 0.2) is 0 Å². The molecule has 2 N–H and O–H groups in total. The fourth-order valence-electron chi connectivity index (χ4n) is 1.04. The number of hydrogen-bond acceptors (Lipinski definition) is 2. The summed E-state index contributed by atoms with van der Waals surface area (Å²) in [5, 5.41) is -4.15. The van der Waals surface area contributed by atoms with Crippen molar-refractivity contribution in [2.45, 2.75) is 22.5 Å². The van der Waals surface area contributed by atoms with Crippen LogP contribution in [0.5, 0.6) is 0 Å². The van der Waals surface area contributed by atoms with Crippen LogP contribution in [0.25, 0.3) is 0 Å². The average Bonchev–Trinajstić information content (AvgIpc) is 2.18. The van der Waals surface area contributed by atoms with Crippen molar-refractivity contribution in [1.82, 2.24) is 0 Å². The van der Waals surface area contributed by atoms with Gasteiger partial charge in [0, 0.05) is 11.3 Å². The van der Waals surface area contributed by atoms with E-state index in [4.69, 9.17) is 5.73 Å². The van der Waals surface area contributed by atoms with Crippen LogP contribution in [0.1, 0.15) is 6.42 Å². The summed E-state index contributed by atoms with van der Waals surface area (Å²) in [7, 11) is 0. The molecule has 0 spiro atoms. The Hall–Kier alpha value is -0.750. The molecule has 1 aromatic carbocycles. The van der Waals surface area contributed by atoms with Crippen molar-refractivity contribution in [3.05, 3.63) is 30.3 Å². The molecular formula is C10H11F4NS. The Labute approximate surface area is 95.0 Å². The van der Waals surface area contributed by atoms with Gasteiger partial charge in [0.25, 0.3) is 0 Å². The topological polar surface area (TPSA) is 26.0 Å². The van der Waals surface area contributed by atoms with Gasteiger partial charge >= 0.3 is 11.2 Å². The Kier molecular flexibility index (Phi) is 4.21. The van der Waals surface area contributed by atoms with Gasteiger partial charge in [-0.25, -0.2) is 0 Å². The molecule has 1 rings (SSSR count). The van der Waals surface area contributed by atoms with Gasteiger partial charge in [-0.1, -0.05) is 18.2 Å². The summed E-state index contributed by atoms with van der Waals surface area (Å²) in [5.41, 5.74) is 4.88. The summed E-state index contributed by atoms with van der Waals surface area (Å²) in [6, 6.07) is 7.37. The van der Waals surface area contributed by atoms with Crippen molar-refractivity contribution in [1.29, 1.82) is 0 Å². The molecule has 1 aromatic rings. The number of thioether (sulfide) groups is 1. The first-order chi connectivity index (χ1) is 7.39. The smallest absolute Gasteiger partial charge is 0.330 e. The number of halogens is 4. The molecule has 90 valence electrons. The highest BCUT2D eigenvalue weighted by atomic mass is 32.2. The molecule has 0 aliphatic carbocycles. The Bertz CT molecular complexity index is 329. The molecule has 0 fully saturated rings. The average molecular weight is 253 g/mol. The van der Waals surface area contributed by atoms with E-state index in [9.17, 15) is 17.6 Å². The van der Waals surface area contributed by atoms with Gasteiger partial charge in [-0.15, -0.1) is 0 Å². The highest BCUT2D eigenvalue weighted by Gasteiger charge is 2.56. The summed E-state index contributed by atoms with van der Waals surface area (Å²) in [5.74, 6) is -4.09. The van der Waals surface area contributed by atoms with Crippen LogP contribution in [-0.2, 0) is 0 Å². The lowest BCUT2D eigenvalue weighted by molar-refractivity contribution is -0.153. The van der Waals surface area contributed by atoms with E-state index in [2.05, 4.69) is 0 Å². The highest BCUT2D eigenvalue weighted by Crippen LogP contribution is 2.47. The van der Waals surface area contributed by atoms with E-state index in [1.807, 2.05) is 0 Å². The second-order valence-electron chi connectivity index (χ2n) is 3.18. The molecule has 0 aliphatic heterocycles. The molecule has 0 saturated carbocycles. The van der Waals surface area contributed by atoms with Gasteiger partial charge in [0.2, 0.25) is 0 Å². The quantitative estimate of drug-likeness (QED) is 0.643. The second-order valence-corrected chi connectivity index (χ2v) is 4.36. The number of alkyl halides is 4. The maximum atomic E-state index is 13.2. The summed E-state index contributed by atoms with van der Waals surface area (Å²) in [6.07, 6.45) is -1.03. The molecular weight excluding hydrogens is 242 g/mol. The van der Waals surface area contributed by atoms with E-state index in [0.717, 1.165) is 0 Å².